The Bertz CT molecular complexity index is 961. The van der Waals surface area contributed by atoms with E-state index in [4.69, 9.17) is 42.1 Å². The molecule has 9 heteroatoms. The molecule has 0 heterocycles. The highest BCUT2D eigenvalue weighted by atomic mass is 35.5. The van der Waals surface area contributed by atoms with Crippen LogP contribution in [0.2, 0.25) is 10.0 Å². The lowest BCUT2D eigenvalue weighted by Gasteiger charge is -2.14. The highest BCUT2D eigenvalue weighted by Crippen LogP contribution is 2.35. The third-order valence-electron chi connectivity index (χ3n) is 3.98. The number of halogens is 2. The molecular weight excluding hydrogens is 433 g/mol. The van der Waals surface area contributed by atoms with Crippen molar-refractivity contribution in [3.63, 3.8) is 0 Å². The fourth-order valence-electron chi connectivity index (χ4n) is 2.44. The van der Waals surface area contributed by atoms with E-state index >= 15 is 0 Å². The number of hydrogen-bond acceptors (Lipinski definition) is 6. The van der Waals surface area contributed by atoms with E-state index in [9.17, 15) is 9.59 Å². The Morgan fingerprint density at radius 1 is 0.967 bits per heavy atom. The second-order valence-electron chi connectivity index (χ2n) is 5.98. The predicted octanol–water partition coefficient (Wildman–Crippen LogP) is 4.60. The molecule has 0 bridgehead atoms. The number of carbonyl (C=O) groups is 2. The fourth-order valence-corrected chi connectivity index (χ4v) is 2.77. The van der Waals surface area contributed by atoms with Crippen molar-refractivity contribution in [1.82, 2.24) is 0 Å². The van der Waals surface area contributed by atoms with Crippen LogP contribution in [-0.4, -0.2) is 39.3 Å². The van der Waals surface area contributed by atoms with Crippen molar-refractivity contribution in [1.29, 1.82) is 0 Å². The molecule has 1 N–H and O–H groups in total. The van der Waals surface area contributed by atoms with Crippen LogP contribution < -0.4 is 19.5 Å². The largest absolute Gasteiger partial charge is 0.496 e. The van der Waals surface area contributed by atoms with Gasteiger partial charge in [-0.25, -0.2) is 4.79 Å². The average molecular weight is 454 g/mol. The summed E-state index contributed by atoms with van der Waals surface area (Å²) in [6.45, 7) is 1.44. The summed E-state index contributed by atoms with van der Waals surface area (Å²) in [6, 6.07) is 7.93. The molecule has 1 amide bonds. The van der Waals surface area contributed by atoms with Crippen molar-refractivity contribution >= 4 is 46.8 Å². The van der Waals surface area contributed by atoms with Gasteiger partial charge in [0.2, 0.25) is 0 Å². The van der Waals surface area contributed by atoms with Crippen molar-refractivity contribution in [2.75, 3.05) is 26.6 Å². The van der Waals surface area contributed by atoms with Crippen LogP contribution >= 0.6 is 23.2 Å². The van der Waals surface area contributed by atoms with Gasteiger partial charge in [0.05, 0.1) is 32.0 Å². The van der Waals surface area contributed by atoms with Crippen LogP contribution in [0.4, 0.5) is 5.69 Å². The Morgan fingerprint density at radius 3 is 2.23 bits per heavy atom. The normalized spacial score (nSPS) is 11.7. The van der Waals surface area contributed by atoms with Crippen LogP contribution in [0, 0.1) is 0 Å². The van der Waals surface area contributed by atoms with Gasteiger partial charge in [-0.3, -0.25) is 4.79 Å². The van der Waals surface area contributed by atoms with Crippen LogP contribution in [0.5, 0.6) is 17.2 Å². The summed E-state index contributed by atoms with van der Waals surface area (Å²) < 4.78 is 20.9. The molecule has 0 saturated heterocycles. The van der Waals surface area contributed by atoms with Crippen molar-refractivity contribution in [2.45, 2.75) is 13.0 Å². The molecule has 0 radical (unpaired) electrons. The second kappa shape index (κ2) is 10.8. The molecule has 2 aromatic rings. The maximum absolute atomic E-state index is 12.3. The zero-order chi connectivity index (χ0) is 22.3. The highest BCUT2D eigenvalue weighted by molar-refractivity contribution is 6.35. The molecule has 0 spiro atoms. The van der Waals surface area contributed by atoms with Crippen LogP contribution in [0.25, 0.3) is 6.08 Å². The van der Waals surface area contributed by atoms with Gasteiger partial charge >= 0.3 is 5.97 Å². The van der Waals surface area contributed by atoms with Crippen molar-refractivity contribution < 1.29 is 28.5 Å². The number of nitrogens with one attached hydrogen (secondary N) is 1. The molecule has 160 valence electrons. The van der Waals surface area contributed by atoms with E-state index in [1.807, 2.05) is 0 Å². The van der Waals surface area contributed by atoms with Gasteiger partial charge in [-0.15, -0.1) is 0 Å². The number of anilines is 1. The molecule has 0 aliphatic rings. The first-order valence-electron chi connectivity index (χ1n) is 8.73. The standard InChI is InChI=1S/C21H21Cl2NO6/c1-12(21(26)24-16-10-14(22)6-7-15(16)23)30-20(25)8-5-13-9-18(28-3)19(29-4)11-17(13)27-2/h5-12H,1-4H3,(H,24,26)/b8-5+. The molecule has 0 saturated carbocycles. The molecule has 0 aliphatic carbocycles. The molecule has 7 nitrogen and oxygen atoms in total. The number of rotatable bonds is 8. The Kier molecular flexibility index (Phi) is 8.38. The first-order chi connectivity index (χ1) is 14.3. The molecule has 2 rings (SSSR count). The van der Waals surface area contributed by atoms with Gasteiger partial charge in [-0.05, 0) is 37.3 Å². The third kappa shape index (κ3) is 6.05. The van der Waals surface area contributed by atoms with E-state index in [2.05, 4.69) is 5.32 Å². The van der Waals surface area contributed by atoms with Gasteiger partial charge in [0.1, 0.15) is 5.75 Å². The van der Waals surface area contributed by atoms with E-state index in [1.54, 1.807) is 24.3 Å². The summed E-state index contributed by atoms with van der Waals surface area (Å²) in [4.78, 5) is 24.4. The number of methoxy groups -OCH3 is 3. The number of esters is 1. The Hall–Kier alpha value is -2.90. The summed E-state index contributed by atoms with van der Waals surface area (Å²) >= 11 is 11.9. The number of amides is 1. The lowest BCUT2D eigenvalue weighted by atomic mass is 10.1. The zero-order valence-electron chi connectivity index (χ0n) is 16.8. The van der Waals surface area contributed by atoms with Crippen molar-refractivity contribution in [2.24, 2.45) is 0 Å². The first-order valence-corrected chi connectivity index (χ1v) is 9.49. The molecular formula is C21H21Cl2NO6. The molecule has 2 aromatic carbocycles. The Morgan fingerprint density at radius 2 is 1.60 bits per heavy atom. The topological polar surface area (TPSA) is 83.1 Å². The van der Waals surface area contributed by atoms with Gasteiger partial charge in [-0.1, -0.05) is 23.2 Å². The van der Waals surface area contributed by atoms with Crippen LogP contribution in [0.15, 0.2) is 36.4 Å². The minimum absolute atomic E-state index is 0.312. The monoisotopic (exact) mass is 453 g/mol. The molecule has 0 aliphatic heterocycles. The number of benzene rings is 2. The van der Waals surface area contributed by atoms with Crippen LogP contribution in [-0.2, 0) is 14.3 Å². The minimum atomic E-state index is -1.07. The lowest BCUT2D eigenvalue weighted by molar-refractivity contribution is -0.148. The summed E-state index contributed by atoms with van der Waals surface area (Å²) in [5, 5.41) is 3.29. The highest BCUT2D eigenvalue weighted by Gasteiger charge is 2.18. The van der Waals surface area contributed by atoms with Crippen molar-refractivity contribution in [3.05, 3.63) is 52.0 Å². The average Bonchev–Trinajstić information content (AvgIpc) is 2.73. The molecule has 1 unspecified atom stereocenters. The predicted molar refractivity (Wildman–Crippen MR) is 116 cm³/mol. The van der Waals surface area contributed by atoms with Gasteiger partial charge in [0.25, 0.3) is 5.91 Å². The summed E-state index contributed by atoms with van der Waals surface area (Å²) in [7, 11) is 4.50. The summed E-state index contributed by atoms with van der Waals surface area (Å²) in [5.41, 5.74) is 0.887. The van der Waals surface area contributed by atoms with E-state index < -0.39 is 18.0 Å². The summed E-state index contributed by atoms with van der Waals surface area (Å²) in [5.74, 6) is 0.158. The Labute approximate surface area is 184 Å². The van der Waals surface area contributed by atoms with E-state index in [0.29, 0.717) is 38.5 Å². The molecule has 1 atom stereocenters. The van der Waals surface area contributed by atoms with Gasteiger partial charge in [0.15, 0.2) is 17.6 Å². The SMILES string of the molecule is COc1cc(OC)c(OC)cc1/C=C/C(=O)OC(C)C(=O)Nc1cc(Cl)ccc1Cl. The smallest absolute Gasteiger partial charge is 0.331 e. The Balaban J connectivity index is 2.06. The molecule has 30 heavy (non-hydrogen) atoms. The minimum Gasteiger partial charge on any atom is -0.496 e. The summed E-state index contributed by atoms with van der Waals surface area (Å²) in [6.07, 6.45) is 1.60. The van der Waals surface area contributed by atoms with Gasteiger partial charge < -0.3 is 24.3 Å². The second-order valence-corrected chi connectivity index (χ2v) is 6.82. The van der Waals surface area contributed by atoms with Crippen LogP contribution in [0.3, 0.4) is 0 Å². The fraction of sp³-hybridized carbons (Fsp3) is 0.238. The number of ether oxygens (including phenoxy) is 4. The molecule has 0 aromatic heterocycles. The zero-order valence-corrected chi connectivity index (χ0v) is 18.3. The van der Waals surface area contributed by atoms with Crippen LogP contribution in [0.1, 0.15) is 12.5 Å². The maximum atomic E-state index is 12.3. The van der Waals surface area contributed by atoms with Gasteiger partial charge in [-0.2, -0.15) is 0 Å². The first kappa shape index (κ1) is 23.4. The van der Waals surface area contributed by atoms with E-state index in [-0.39, 0.29) is 0 Å². The van der Waals surface area contributed by atoms with E-state index in [0.717, 1.165) is 0 Å². The van der Waals surface area contributed by atoms with Gasteiger partial charge in [0, 0.05) is 22.7 Å². The lowest BCUT2D eigenvalue weighted by Crippen LogP contribution is -2.29. The maximum Gasteiger partial charge on any atom is 0.331 e. The third-order valence-corrected chi connectivity index (χ3v) is 4.55. The quantitative estimate of drug-likeness (QED) is 0.464. The number of hydrogen-bond donors (Lipinski definition) is 1. The molecule has 0 fully saturated rings. The number of carbonyl (C=O) groups excluding carboxylic acids is 2. The van der Waals surface area contributed by atoms with Crippen molar-refractivity contribution in [3.8, 4) is 17.2 Å². The van der Waals surface area contributed by atoms with E-state index in [1.165, 1.54) is 46.5 Å².